The van der Waals surface area contributed by atoms with Crippen molar-refractivity contribution in [3.63, 3.8) is 0 Å². The largest absolute Gasteiger partial charge is 0.375 e. The summed E-state index contributed by atoms with van der Waals surface area (Å²) in [6.45, 7) is 9.22. The Bertz CT molecular complexity index is 918. The van der Waals surface area contributed by atoms with E-state index in [1.165, 1.54) is 11.1 Å². The van der Waals surface area contributed by atoms with E-state index >= 15 is 0 Å². The number of hydrogen-bond acceptors (Lipinski definition) is 3. The Morgan fingerprint density at radius 2 is 1.71 bits per heavy atom. The lowest BCUT2D eigenvalue weighted by Crippen LogP contribution is -2.60. The third-order valence-electron chi connectivity index (χ3n) is 5.73. The number of amidine groups is 1. The van der Waals surface area contributed by atoms with Gasteiger partial charge in [0, 0.05) is 30.8 Å². The van der Waals surface area contributed by atoms with Crippen LogP contribution in [-0.4, -0.2) is 28.7 Å². The van der Waals surface area contributed by atoms with Crippen LogP contribution in [0.2, 0.25) is 0 Å². The zero-order valence-corrected chi connectivity index (χ0v) is 17.8. The van der Waals surface area contributed by atoms with Crippen molar-refractivity contribution in [2.24, 2.45) is 4.99 Å². The molecule has 2 aromatic rings. The minimum Gasteiger partial charge on any atom is -0.375 e. The highest BCUT2D eigenvalue weighted by Crippen LogP contribution is 2.44. The van der Waals surface area contributed by atoms with Crippen molar-refractivity contribution in [1.29, 1.82) is 0 Å². The lowest BCUT2D eigenvalue weighted by molar-refractivity contribution is -0.0661. The van der Waals surface area contributed by atoms with Crippen LogP contribution in [0.4, 0.5) is 11.4 Å². The van der Waals surface area contributed by atoms with Crippen LogP contribution < -0.4 is 10.2 Å². The molecule has 2 heterocycles. The van der Waals surface area contributed by atoms with Gasteiger partial charge in [0.15, 0.2) is 0 Å². The SMILES string of the molecule is Cc1cccc(C)c1NC1=NC(=S)N(c2ccccc2)C12CCOC(C)(C)C2. The number of nitrogens with one attached hydrogen (secondary N) is 1. The van der Waals surface area contributed by atoms with E-state index < -0.39 is 0 Å². The van der Waals surface area contributed by atoms with E-state index in [0.29, 0.717) is 11.7 Å². The molecule has 28 heavy (non-hydrogen) atoms. The number of anilines is 2. The Morgan fingerprint density at radius 3 is 2.36 bits per heavy atom. The molecular weight excluding hydrogens is 366 g/mol. The Labute approximate surface area is 172 Å². The second-order valence-corrected chi connectivity index (χ2v) is 8.74. The summed E-state index contributed by atoms with van der Waals surface area (Å²) in [6, 6.07) is 16.7. The van der Waals surface area contributed by atoms with Crippen LogP contribution in [0, 0.1) is 13.8 Å². The quantitative estimate of drug-likeness (QED) is 0.708. The normalized spacial score (nSPS) is 23.8. The van der Waals surface area contributed by atoms with Gasteiger partial charge in [0.05, 0.1) is 5.60 Å². The van der Waals surface area contributed by atoms with Gasteiger partial charge in [-0.2, -0.15) is 0 Å². The molecule has 1 unspecified atom stereocenters. The van der Waals surface area contributed by atoms with Crippen LogP contribution in [0.1, 0.15) is 37.8 Å². The standard InChI is InChI=1S/C23H27N3OS/c1-16-9-8-10-17(2)19(16)24-20-23(13-14-27-22(3,4)15-23)26(21(28)25-20)18-11-6-5-7-12-18/h5-12H,13-15H2,1-4H3,(H,24,25,28). The summed E-state index contributed by atoms with van der Waals surface area (Å²) >= 11 is 5.77. The fraction of sp³-hybridized carbons (Fsp3) is 0.391. The summed E-state index contributed by atoms with van der Waals surface area (Å²) in [7, 11) is 0. The molecule has 0 saturated carbocycles. The van der Waals surface area contributed by atoms with E-state index in [1.54, 1.807) is 0 Å². The van der Waals surface area contributed by atoms with Crippen molar-refractivity contribution < 1.29 is 4.74 Å². The van der Waals surface area contributed by atoms with Gasteiger partial charge in [0.2, 0.25) is 5.11 Å². The Morgan fingerprint density at radius 1 is 1.04 bits per heavy atom. The molecular formula is C23H27N3OS. The zero-order valence-electron chi connectivity index (χ0n) is 17.0. The molecule has 0 bridgehead atoms. The molecule has 2 aromatic carbocycles. The monoisotopic (exact) mass is 393 g/mol. The molecule has 146 valence electrons. The minimum atomic E-state index is -0.338. The van der Waals surface area contributed by atoms with Gasteiger partial charge >= 0.3 is 0 Å². The third-order valence-corrected chi connectivity index (χ3v) is 6.01. The Kier molecular flexibility index (Phi) is 4.76. The van der Waals surface area contributed by atoms with Gasteiger partial charge < -0.3 is 15.0 Å². The van der Waals surface area contributed by atoms with Crippen molar-refractivity contribution in [3.05, 3.63) is 59.7 Å². The molecule has 2 aliphatic heterocycles. The van der Waals surface area contributed by atoms with Crippen LogP contribution in [0.5, 0.6) is 0 Å². The number of rotatable bonds is 2. The minimum absolute atomic E-state index is 0.255. The summed E-state index contributed by atoms with van der Waals surface area (Å²) in [4.78, 5) is 7.10. The van der Waals surface area contributed by atoms with Gasteiger partial charge in [0.25, 0.3) is 0 Å². The van der Waals surface area contributed by atoms with Gasteiger partial charge in [-0.3, -0.25) is 0 Å². The number of nitrogens with zero attached hydrogens (tertiary/aromatic N) is 2. The molecule has 0 amide bonds. The van der Waals surface area contributed by atoms with Gasteiger partial charge in [0.1, 0.15) is 11.4 Å². The van der Waals surface area contributed by atoms with E-state index in [2.05, 4.69) is 68.2 Å². The smallest absolute Gasteiger partial charge is 0.202 e. The number of benzene rings is 2. The highest BCUT2D eigenvalue weighted by Gasteiger charge is 2.53. The van der Waals surface area contributed by atoms with Gasteiger partial charge in [-0.05, 0) is 63.2 Å². The molecule has 0 aliphatic carbocycles. The van der Waals surface area contributed by atoms with Crippen molar-refractivity contribution in [2.75, 3.05) is 16.8 Å². The molecule has 1 N–H and O–H groups in total. The number of para-hydroxylation sites is 2. The first-order valence-electron chi connectivity index (χ1n) is 9.78. The lowest BCUT2D eigenvalue weighted by Gasteiger charge is -2.48. The lowest BCUT2D eigenvalue weighted by atomic mass is 9.79. The van der Waals surface area contributed by atoms with Crippen molar-refractivity contribution in [2.45, 2.75) is 51.7 Å². The molecule has 5 heteroatoms. The summed E-state index contributed by atoms with van der Waals surface area (Å²) in [5.41, 5.74) is 4.00. The van der Waals surface area contributed by atoms with Crippen LogP contribution in [0.25, 0.3) is 0 Å². The summed E-state index contributed by atoms with van der Waals surface area (Å²) in [5.74, 6) is 0.926. The van der Waals surface area contributed by atoms with Crippen LogP contribution >= 0.6 is 12.2 Å². The first-order valence-corrected chi connectivity index (χ1v) is 10.2. The third kappa shape index (κ3) is 3.23. The van der Waals surface area contributed by atoms with E-state index in [0.717, 1.165) is 30.1 Å². The van der Waals surface area contributed by atoms with E-state index in [9.17, 15) is 0 Å². The summed E-state index contributed by atoms with van der Waals surface area (Å²) in [5, 5.41) is 4.28. The van der Waals surface area contributed by atoms with Crippen LogP contribution in [0.15, 0.2) is 53.5 Å². The molecule has 4 nitrogen and oxygen atoms in total. The number of aryl methyl sites for hydroxylation is 2. The molecule has 4 rings (SSSR count). The summed E-state index contributed by atoms with van der Waals surface area (Å²) < 4.78 is 6.06. The molecule has 1 fully saturated rings. The number of ether oxygens (including phenoxy) is 1. The predicted molar refractivity (Wildman–Crippen MR) is 120 cm³/mol. The first-order chi connectivity index (χ1) is 13.3. The fourth-order valence-electron chi connectivity index (χ4n) is 4.48. The molecule has 0 aromatic heterocycles. The van der Waals surface area contributed by atoms with Crippen molar-refractivity contribution in [3.8, 4) is 0 Å². The molecule has 1 spiro atoms. The second-order valence-electron chi connectivity index (χ2n) is 8.37. The maximum Gasteiger partial charge on any atom is 0.202 e. The van der Waals surface area contributed by atoms with Crippen molar-refractivity contribution in [1.82, 2.24) is 0 Å². The van der Waals surface area contributed by atoms with E-state index in [1.807, 2.05) is 18.2 Å². The van der Waals surface area contributed by atoms with E-state index in [4.69, 9.17) is 21.9 Å². The second kappa shape index (κ2) is 6.98. The van der Waals surface area contributed by atoms with Crippen LogP contribution in [-0.2, 0) is 4.74 Å². The average Bonchev–Trinajstić information content (AvgIpc) is 2.88. The first kappa shape index (κ1) is 19.1. The maximum atomic E-state index is 6.06. The number of thiocarbonyl (C=S) groups is 1. The summed E-state index contributed by atoms with van der Waals surface area (Å²) in [6.07, 6.45) is 1.65. The maximum absolute atomic E-state index is 6.06. The Hall–Kier alpha value is -2.24. The average molecular weight is 394 g/mol. The fourth-order valence-corrected chi connectivity index (χ4v) is 4.85. The Balaban J connectivity index is 1.81. The number of aliphatic imine (C=N–C) groups is 1. The number of hydrogen-bond donors (Lipinski definition) is 1. The van der Waals surface area contributed by atoms with Crippen molar-refractivity contribution >= 4 is 34.5 Å². The highest BCUT2D eigenvalue weighted by molar-refractivity contribution is 7.80. The zero-order chi connectivity index (χ0) is 19.9. The molecule has 1 atom stereocenters. The predicted octanol–water partition coefficient (Wildman–Crippen LogP) is 5.25. The van der Waals surface area contributed by atoms with Gasteiger partial charge in [-0.15, -0.1) is 0 Å². The molecule has 2 aliphatic rings. The van der Waals surface area contributed by atoms with Gasteiger partial charge in [-0.25, -0.2) is 4.99 Å². The van der Waals surface area contributed by atoms with Gasteiger partial charge in [-0.1, -0.05) is 36.4 Å². The van der Waals surface area contributed by atoms with E-state index in [-0.39, 0.29) is 11.1 Å². The molecule has 0 radical (unpaired) electrons. The van der Waals surface area contributed by atoms with Crippen LogP contribution in [0.3, 0.4) is 0 Å². The highest BCUT2D eigenvalue weighted by atomic mass is 32.1. The molecule has 1 saturated heterocycles. The topological polar surface area (TPSA) is 36.9 Å².